The molecule has 0 radical (unpaired) electrons. The Bertz CT molecular complexity index is 961. The molecule has 0 heterocycles. The largest absolute Gasteiger partial charge is 0.481 e. The summed E-state index contributed by atoms with van der Waals surface area (Å²) in [5, 5.41) is 10.6. The number of rotatable bonds is 1. The van der Waals surface area contributed by atoms with Crippen LogP contribution >= 0.6 is 0 Å². The van der Waals surface area contributed by atoms with Gasteiger partial charge in [-0.3, -0.25) is 9.59 Å². The van der Waals surface area contributed by atoms with Crippen LogP contribution < -0.4 is 0 Å². The summed E-state index contributed by atoms with van der Waals surface area (Å²) in [5.74, 6) is 0.365. The molecule has 3 nitrogen and oxygen atoms in total. The zero-order chi connectivity index (χ0) is 24.1. The maximum atomic E-state index is 14.0. The molecule has 6 unspecified atom stereocenters. The minimum absolute atomic E-state index is 0.0414. The number of hydrogen-bond donors (Lipinski definition) is 1. The molecule has 33 heavy (non-hydrogen) atoms. The Morgan fingerprint density at radius 3 is 2.27 bits per heavy atom. The molecule has 5 aliphatic rings. The Morgan fingerprint density at radius 1 is 0.939 bits per heavy atom. The van der Waals surface area contributed by atoms with Crippen molar-refractivity contribution in [2.45, 2.75) is 99.8 Å². The number of carboxylic acid groups (broad SMARTS) is 1. The van der Waals surface area contributed by atoms with Crippen LogP contribution in [0, 0.1) is 51.2 Å². The molecule has 0 amide bonds. The quantitative estimate of drug-likeness (QED) is 0.457. The normalized spacial score (nSPS) is 42.9. The van der Waals surface area contributed by atoms with Gasteiger partial charge in [0, 0.05) is 5.92 Å². The topological polar surface area (TPSA) is 54.4 Å². The van der Waals surface area contributed by atoms with Crippen LogP contribution in [0.25, 0.3) is 0 Å². The predicted molar refractivity (Wildman–Crippen MR) is 132 cm³/mol. The minimum Gasteiger partial charge on any atom is -0.481 e. The van der Waals surface area contributed by atoms with E-state index in [4.69, 9.17) is 0 Å². The van der Waals surface area contributed by atoms with E-state index in [1.807, 2.05) is 0 Å². The van der Waals surface area contributed by atoms with E-state index in [9.17, 15) is 14.7 Å². The lowest BCUT2D eigenvalue weighted by Crippen LogP contribution is -2.69. The molecule has 5 aliphatic carbocycles. The van der Waals surface area contributed by atoms with Crippen molar-refractivity contribution in [2.75, 3.05) is 0 Å². The van der Waals surface area contributed by atoms with Crippen LogP contribution in [0.3, 0.4) is 0 Å². The Labute approximate surface area is 200 Å². The van der Waals surface area contributed by atoms with Crippen LogP contribution in [0.5, 0.6) is 0 Å². The van der Waals surface area contributed by atoms with Gasteiger partial charge in [0.25, 0.3) is 0 Å². The van der Waals surface area contributed by atoms with E-state index in [2.05, 4.69) is 54.5 Å². The summed E-state index contributed by atoms with van der Waals surface area (Å²) in [7, 11) is 0. The van der Waals surface area contributed by atoms with E-state index in [1.54, 1.807) is 0 Å². The molecule has 0 bridgehead atoms. The number of aliphatic carboxylic acids is 1. The molecule has 182 valence electrons. The molecule has 4 fully saturated rings. The molecule has 3 heteroatoms. The second kappa shape index (κ2) is 7.08. The molecule has 0 aromatic carbocycles. The zero-order valence-corrected chi connectivity index (χ0v) is 21.9. The summed E-state index contributed by atoms with van der Waals surface area (Å²) in [6, 6.07) is 0. The van der Waals surface area contributed by atoms with Gasteiger partial charge in [-0.05, 0) is 95.2 Å². The SMILES string of the molecule is CC12CCC3=C4CCC5CCCCC5C4=CC(=O)C3C1C(C)(C)C(C)(C)C(C)(C)C2C(=O)O. The van der Waals surface area contributed by atoms with Crippen LogP contribution in [-0.4, -0.2) is 16.9 Å². The summed E-state index contributed by atoms with van der Waals surface area (Å²) < 4.78 is 0. The second-order valence-corrected chi connectivity index (χ2v) is 14.0. The molecular formula is C30H44O3. The number of carboxylic acids is 1. The van der Waals surface area contributed by atoms with Crippen LogP contribution in [0.2, 0.25) is 0 Å². The highest BCUT2D eigenvalue weighted by atomic mass is 16.4. The van der Waals surface area contributed by atoms with Gasteiger partial charge < -0.3 is 5.11 Å². The fraction of sp³-hybridized carbons (Fsp3) is 0.800. The summed E-state index contributed by atoms with van der Waals surface area (Å²) in [6.07, 6.45) is 11.4. The molecule has 0 aromatic rings. The van der Waals surface area contributed by atoms with Crippen molar-refractivity contribution >= 4 is 11.8 Å². The van der Waals surface area contributed by atoms with Crippen molar-refractivity contribution in [1.29, 1.82) is 0 Å². The first kappa shape index (κ1) is 23.4. The Hall–Kier alpha value is -1.38. The van der Waals surface area contributed by atoms with Crippen molar-refractivity contribution in [3.63, 3.8) is 0 Å². The minimum atomic E-state index is -0.686. The fourth-order valence-electron chi connectivity index (χ4n) is 9.98. The predicted octanol–water partition coefficient (Wildman–Crippen LogP) is 7.22. The molecular weight excluding hydrogens is 408 g/mol. The first-order valence-corrected chi connectivity index (χ1v) is 13.5. The number of allylic oxidation sites excluding steroid dienone is 4. The van der Waals surface area contributed by atoms with Crippen molar-refractivity contribution in [2.24, 2.45) is 51.2 Å². The fourth-order valence-corrected chi connectivity index (χ4v) is 9.98. The van der Waals surface area contributed by atoms with Gasteiger partial charge in [-0.1, -0.05) is 66.9 Å². The molecule has 1 N–H and O–H groups in total. The molecule has 6 atom stereocenters. The maximum absolute atomic E-state index is 14.0. The number of fused-ring (bicyclic) bond motifs is 6. The van der Waals surface area contributed by atoms with Gasteiger partial charge in [-0.25, -0.2) is 0 Å². The summed E-state index contributed by atoms with van der Waals surface area (Å²) >= 11 is 0. The van der Waals surface area contributed by atoms with Gasteiger partial charge in [-0.2, -0.15) is 0 Å². The van der Waals surface area contributed by atoms with Gasteiger partial charge >= 0.3 is 5.97 Å². The van der Waals surface area contributed by atoms with Crippen LogP contribution in [0.15, 0.2) is 22.8 Å². The van der Waals surface area contributed by atoms with Gasteiger partial charge in [-0.15, -0.1) is 0 Å². The van der Waals surface area contributed by atoms with Crippen LogP contribution in [-0.2, 0) is 9.59 Å². The Morgan fingerprint density at radius 2 is 1.61 bits per heavy atom. The van der Waals surface area contributed by atoms with Gasteiger partial charge in [0.2, 0.25) is 0 Å². The van der Waals surface area contributed by atoms with E-state index in [0.29, 0.717) is 5.92 Å². The smallest absolute Gasteiger partial charge is 0.307 e. The van der Waals surface area contributed by atoms with Gasteiger partial charge in [0.15, 0.2) is 5.78 Å². The van der Waals surface area contributed by atoms with Crippen LogP contribution in [0.1, 0.15) is 99.8 Å². The number of hydrogen-bond acceptors (Lipinski definition) is 2. The highest BCUT2D eigenvalue weighted by Gasteiger charge is 2.71. The third-order valence-corrected chi connectivity index (χ3v) is 12.4. The molecule has 0 saturated heterocycles. The number of carbonyl (C=O) groups excluding carboxylic acids is 1. The third-order valence-electron chi connectivity index (χ3n) is 12.4. The average Bonchev–Trinajstić information content (AvgIpc) is 2.72. The van der Waals surface area contributed by atoms with Crippen LogP contribution in [0.4, 0.5) is 0 Å². The highest BCUT2D eigenvalue weighted by Crippen LogP contribution is 2.74. The number of ketones is 1. The molecule has 0 aromatic heterocycles. The Kier molecular flexibility index (Phi) is 5.01. The van der Waals surface area contributed by atoms with Gasteiger partial charge in [0.1, 0.15) is 0 Å². The van der Waals surface area contributed by atoms with Crippen molar-refractivity contribution in [1.82, 2.24) is 0 Å². The van der Waals surface area contributed by atoms with Crippen molar-refractivity contribution in [3.05, 3.63) is 22.8 Å². The lowest BCUT2D eigenvalue weighted by atomic mass is 9.32. The average molecular weight is 453 g/mol. The maximum Gasteiger partial charge on any atom is 0.307 e. The van der Waals surface area contributed by atoms with E-state index in [-0.39, 0.29) is 33.9 Å². The first-order valence-electron chi connectivity index (χ1n) is 13.5. The van der Waals surface area contributed by atoms with Crippen molar-refractivity contribution < 1.29 is 14.7 Å². The second-order valence-electron chi connectivity index (χ2n) is 14.0. The number of carbonyl (C=O) groups is 2. The Balaban J connectivity index is 1.66. The summed E-state index contributed by atoms with van der Waals surface area (Å²) in [6.45, 7) is 15.7. The third kappa shape index (κ3) is 2.80. The summed E-state index contributed by atoms with van der Waals surface area (Å²) in [5.41, 5.74) is 3.12. The molecule has 0 spiro atoms. The standard InChI is InChI=1S/C30H44O3/c1-27(2)24-23-20(14-15-30(24,7)25(26(32)33)28(3,4)29(27,5)6)19-13-12-17-10-8-9-11-18(17)21(19)16-22(23)31/h16-18,23-25H,8-15H2,1-7H3,(H,32,33). The van der Waals surface area contributed by atoms with E-state index < -0.39 is 17.3 Å². The van der Waals surface area contributed by atoms with E-state index >= 15 is 0 Å². The van der Waals surface area contributed by atoms with Gasteiger partial charge in [0.05, 0.1) is 5.92 Å². The first-order chi connectivity index (χ1) is 15.3. The zero-order valence-electron chi connectivity index (χ0n) is 21.9. The van der Waals surface area contributed by atoms with E-state index in [0.717, 1.165) is 25.2 Å². The molecule has 4 saturated carbocycles. The molecule has 0 aliphatic heterocycles. The molecule has 5 rings (SSSR count). The van der Waals surface area contributed by atoms with Crippen molar-refractivity contribution in [3.8, 4) is 0 Å². The monoisotopic (exact) mass is 452 g/mol. The summed E-state index contributed by atoms with van der Waals surface area (Å²) in [4.78, 5) is 26.9. The lowest BCUT2D eigenvalue weighted by Gasteiger charge is -2.71. The van der Waals surface area contributed by atoms with E-state index in [1.165, 1.54) is 48.8 Å². The lowest BCUT2D eigenvalue weighted by molar-refractivity contribution is -0.236. The highest BCUT2D eigenvalue weighted by molar-refractivity contribution is 5.98.